The van der Waals surface area contributed by atoms with E-state index in [9.17, 15) is 0 Å². The van der Waals surface area contributed by atoms with Gasteiger partial charge in [0.1, 0.15) is 0 Å². The SMILES string of the molecule is C[C@@]12CCC[C@@H]1[C@@H]1CC[C@@H]3CCCC[C@]3(C)[C@H]1CC2. The van der Waals surface area contributed by atoms with Crippen LogP contribution in [0.5, 0.6) is 0 Å². The summed E-state index contributed by atoms with van der Waals surface area (Å²) in [6, 6.07) is 0. The van der Waals surface area contributed by atoms with Gasteiger partial charge < -0.3 is 0 Å². The van der Waals surface area contributed by atoms with E-state index in [-0.39, 0.29) is 0 Å². The molecule has 108 valence electrons. The first-order valence-electron chi connectivity index (χ1n) is 9.13. The maximum absolute atomic E-state index is 2.70. The molecule has 0 unspecified atom stereocenters. The fourth-order valence-corrected chi connectivity index (χ4v) is 7.29. The van der Waals surface area contributed by atoms with Crippen molar-refractivity contribution in [3.63, 3.8) is 0 Å². The molecule has 0 aromatic heterocycles. The molecular formula is C19H32. The number of fused-ring (bicyclic) bond motifs is 5. The highest BCUT2D eigenvalue weighted by Crippen LogP contribution is 2.66. The molecule has 0 heterocycles. The summed E-state index contributed by atoms with van der Waals surface area (Å²) < 4.78 is 0. The average Bonchev–Trinajstić information content (AvgIpc) is 2.79. The van der Waals surface area contributed by atoms with Gasteiger partial charge in [0.15, 0.2) is 0 Å². The molecule has 4 rings (SSSR count). The van der Waals surface area contributed by atoms with Crippen LogP contribution in [0, 0.1) is 34.5 Å². The van der Waals surface area contributed by atoms with Crippen molar-refractivity contribution in [3.05, 3.63) is 0 Å². The lowest BCUT2D eigenvalue weighted by Crippen LogP contribution is -2.51. The largest absolute Gasteiger partial charge is 0.0594 e. The average molecular weight is 260 g/mol. The quantitative estimate of drug-likeness (QED) is 0.515. The summed E-state index contributed by atoms with van der Waals surface area (Å²) in [6.07, 6.45) is 17.1. The highest BCUT2D eigenvalue weighted by molar-refractivity contribution is 5.06. The molecule has 6 atom stereocenters. The Morgan fingerprint density at radius 3 is 2.47 bits per heavy atom. The lowest BCUT2D eigenvalue weighted by molar-refractivity contribution is -0.103. The van der Waals surface area contributed by atoms with Crippen LogP contribution in [0.3, 0.4) is 0 Å². The summed E-state index contributed by atoms with van der Waals surface area (Å²) >= 11 is 0. The van der Waals surface area contributed by atoms with Crippen LogP contribution in [0.2, 0.25) is 0 Å². The van der Waals surface area contributed by atoms with Crippen molar-refractivity contribution >= 4 is 0 Å². The van der Waals surface area contributed by atoms with Crippen molar-refractivity contribution in [2.45, 2.75) is 84.5 Å². The second-order valence-corrected chi connectivity index (χ2v) is 8.99. The summed E-state index contributed by atoms with van der Waals surface area (Å²) in [5, 5.41) is 0. The van der Waals surface area contributed by atoms with Gasteiger partial charge in [-0.3, -0.25) is 0 Å². The highest BCUT2D eigenvalue weighted by Gasteiger charge is 2.56. The minimum atomic E-state index is 0.741. The van der Waals surface area contributed by atoms with Gasteiger partial charge in [-0.05, 0) is 85.9 Å². The second kappa shape index (κ2) is 4.25. The maximum Gasteiger partial charge on any atom is -0.0266 e. The first-order valence-corrected chi connectivity index (χ1v) is 9.13. The van der Waals surface area contributed by atoms with Crippen LogP contribution in [-0.4, -0.2) is 0 Å². The molecule has 0 nitrogen and oxygen atoms in total. The van der Waals surface area contributed by atoms with E-state index < -0.39 is 0 Å². The molecule has 0 saturated heterocycles. The third-order valence-electron chi connectivity index (χ3n) is 8.36. The van der Waals surface area contributed by atoms with Crippen molar-refractivity contribution in [2.24, 2.45) is 34.5 Å². The zero-order valence-corrected chi connectivity index (χ0v) is 13.1. The van der Waals surface area contributed by atoms with E-state index in [2.05, 4.69) is 13.8 Å². The van der Waals surface area contributed by atoms with Crippen LogP contribution in [0.25, 0.3) is 0 Å². The van der Waals surface area contributed by atoms with Gasteiger partial charge in [-0.1, -0.05) is 33.1 Å². The Bertz CT molecular complexity index is 359. The minimum absolute atomic E-state index is 0.741. The van der Waals surface area contributed by atoms with Crippen molar-refractivity contribution in [3.8, 4) is 0 Å². The molecule has 0 aliphatic heterocycles. The fraction of sp³-hybridized carbons (Fsp3) is 1.00. The van der Waals surface area contributed by atoms with E-state index in [4.69, 9.17) is 0 Å². The Hall–Kier alpha value is 0. The Morgan fingerprint density at radius 2 is 1.58 bits per heavy atom. The maximum atomic E-state index is 2.70. The van der Waals surface area contributed by atoms with Crippen LogP contribution < -0.4 is 0 Å². The standard InChI is InChI=1S/C19H32/c1-18-11-5-7-16(18)15-9-8-14-6-3-4-12-19(14,2)17(15)10-13-18/h14-17H,3-13H2,1-2H3/t14-,15-,16+,17-,18-,19-/m0/s1. The van der Waals surface area contributed by atoms with Crippen molar-refractivity contribution in [1.29, 1.82) is 0 Å². The Kier molecular flexibility index (Phi) is 2.84. The van der Waals surface area contributed by atoms with Crippen LogP contribution in [0.4, 0.5) is 0 Å². The predicted molar refractivity (Wildman–Crippen MR) is 81.0 cm³/mol. The van der Waals surface area contributed by atoms with Crippen molar-refractivity contribution in [1.82, 2.24) is 0 Å². The number of hydrogen-bond donors (Lipinski definition) is 0. The van der Waals surface area contributed by atoms with Gasteiger partial charge >= 0.3 is 0 Å². The zero-order valence-electron chi connectivity index (χ0n) is 13.1. The van der Waals surface area contributed by atoms with Gasteiger partial charge in [-0.2, -0.15) is 0 Å². The monoisotopic (exact) mass is 260 g/mol. The van der Waals surface area contributed by atoms with Gasteiger partial charge in [0.05, 0.1) is 0 Å². The fourth-order valence-electron chi connectivity index (χ4n) is 7.29. The molecule has 4 aliphatic carbocycles. The lowest BCUT2D eigenvalue weighted by Gasteiger charge is -2.60. The molecule has 0 radical (unpaired) electrons. The van der Waals surface area contributed by atoms with E-state index in [1.54, 1.807) is 51.4 Å². The highest BCUT2D eigenvalue weighted by atomic mass is 14.6. The summed E-state index contributed by atoms with van der Waals surface area (Å²) in [5.41, 5.74) is 1.49. The molecule has 0 aromatic rings. The van der Waals surface area contributed by atoms with E-state index in [1.807, 2.05) is 0 Å². The molecule has 0 bridgehead atoms. The van der Waals surface area contributed by atoms with E-state index in [0.717, 1.165) is 34.5 Å². The molecule has 0 amide bonds. The number of rotatable bonds is 0. The van der Waals surface area contributed by atoms with E-state index in [0.29, 0.717) is 0 Å². The van der Waals surface area contributed by atoms with Crippen molar-refractivity contribution in [2.75, 3.05) is 0 Å². The molecule has 0 N–H and O–H groups in total. The first kappa shape index (κ1) is 12.7. The molecule has 4 aliphatic rings. The summed E-state index contributed by atoms with van der Waals surface area (Å²) in [5.74, 6) is 4.41. The number of hydrogen-bond acceptors (Lipinski definition) is 0. The van der Waals surface area contributed by atoms with Gasteiger partial charge in [-0.15, -0.1) is 0 Å². The van der Waals surface area contributed by atoms with E-state index >= 15 is 0 Å². The smallest absolute Gasteiger partial charge is 0.0266 e. The second-order valence-electron chi connectivity index (χ2n) is 8.99. The van der Waals surface area contributed by atoms with Crippen LogP contribution in [0.1, 0.15) is 84.5 Å². The van der Waals surface area contributed by atoms with Crippen LogP contribution in [0.15, 0.2) is 0 Å². The molecule has 4 fully saturated rings. The van der Waals surface area contributed by atoms with Gasteiger partial charge in [0.25, 0.3) is 0 Å². The van der Waals surface area contributed by atoms with Crippen molar-refractivity contribution < 1.29 is 0 Å². The predicted octanol–water partition coefficient (Wildman–Crippen LogP) is 5.81. The molecule has 0 aromatic carbocycles. The lowest BCUT2D eigenvalue weighted by atomic mass is 9.45. The van der Waals surface area contributed by atoms with Crippen LogP contribution >= 0.6 is 0 Å². The zero-order chi connectivity index (χ0) is 13.1. The molecular weight excluding hydrogens is 228 g/mol. The Labute approximate surface area is 119 Å². The van der Waals surface area contributed by atoms with Crippen LogP contribution in [-0.2, 0) is 0 Å². The Balaban J connectivity index is 1.64. The van der Waals surface area contributed by atoms with Gasteiger partial charge in [-0.25, -0.2) is 0 Å². The topological polar surface area (TPSA) is 0 Å². The van der Waals surface area contributed by atoms with Gasteiger partial charge in [0, 0.05) is 0 Å². The minimum Gasteiger partial charge on any atom is -0.0594 e. The normalized spacial score (nSPS) is 57.2. The molecule has 4 saturated carbocycles. The Morgan fingerprint density at radius 1 is 0.684 bits per heavy atom. The first-order chi connectivity index (χ1) is 9.13. The van der Waals surface area contributed by atoms with Gasteiger partial charge in [0.2, 0.25) is 0 Å². The summed E-state index contributed by atoms with van der Waals surface area (Å²) in [7, 11) is 0. The molecule has 0 spiro atoms. The summed E-state index contributed by atoms with van der Waals surface area (Å²) in [6.45, 7) is 5.33. The molecule has 19 heavy (non-hydrogen) atoms. The third kappa shape index (κ3) is 1.70. The third-order valence-corrected chi connectivity index (χ3v) is 8.36. The van der Waals surface area contributed by atoms with E-state index in [1.165, 1.54) is 19.3 Å². The molecule has 0 heteroatoms. The summed E-state index contributed by atoms with van der Waals surface area (Å²) in [4.78, 5) is 0.